The van der Waals surface area contributed by atoms with Crippen LogP contribution in [0.5, 0.6) is 0 Å². The van der Waals surface area contributed by atoms with Crippen LogP contribution in [0, 0.1) is 5.92 Å². The van der Waals surface area contributed by atoms with Crippen molar-refractivity contribution in [1.82, 2.24) is 4.90 Å². The average Bonchev–Trinajstić information content (AvgIpc) is 2.37. The van der Waals surface area contributed by atoms with Crippen molar-refractivity contribution in [2.45, 2.75) is 32.4 Å². The Morgan fingerprint density at radius 2 is 1.94 bits per heavy atom. The second-order valence-corrected chi connectivity index (χ2v) is 5.31. The molecule has 3 heteroatoms. The molecule has 0 saturated carbocycles. The molecule has 0 radical (unpaired) electrons. The molecule has 0 amide bonds. The molecular formula is C15H21NO2. The Hall–Kier alpha value is -1.35. The Morgan fingerprint density at radius 1 is 1.28 bits per heavy atom. The quantitative estimate of drug-likeness (QED) is 0.752. The molecule has 0 aliphatic carbocycles. The number of esters is 1. The van der Waals surface area contributed by atoms with Crippen LogP contribution in [0.3, 0.4) is 0 Å². The first kappa shape index (κ1) is 13.1. The fraction of sp³-hybridized carbons (Fsp3) is 0.533. The summed E-state index contributed by atoms with van der Waals surface area (Å²) in [6, 6.07) is 9.68. The predicted molar refractivity (Wildman–Crippen MR) is 71.5 cm³/mol. The standard InChI is InChI=1S/C15H21NO2/c1-11-10-16(3)12(2)9-14(11)18-15(17)13-7-5-4-6-8-13/h4-8,11-12,14H,9-10H2,1-3H3/t11-,12-,14-/m1/s1. The molecule has 3 nitrogen and oxygen atoms in total. The van der Waals surface area contributed by atoms with Gasteiger partial charge < -0.3 is 9.64 Å². The zero-order valence-corrected chi connectivity index (χ0v) is 11.3. The van der Waals surface area contributed by atoms with Crippen LogP contribution in [0.4, 0.5) is 0 Å². The van der Waals surface area contributed by atoms with Crippen LogP contribution in [0.1, 0.15) is 30.6 Å². The van der Waals surface area contributed by atoms with Gasteiger partial charge >= 0.3 is 5.97 Å². The first-order valence-corrected chi connectivity index (χ1v) is 6.54. The molecule has 98 valence electrons. The molecule has 1 aromatic carbocycles. The molecule has 0 unspecified atom stereocenters. The number of hydrogen-bond acceptors (Lipinski definition) is 3. The summed E-state index contributed by atoms with van der Waals surface area (Å²) in [4.78, 5) is 14.3. The van der Waals surface area contributed by atoms with E-state index < -0.39 is 0 Å². The summed E-state index contributed by atoms with van der Waals surface area (Å²) in [5.74, 6) is 0.183. The van der Waals surface area contributed by atoms with Crippen LogP contribution in [-0.4, -0.2) is 36.6 Å². The van der Waals surface area contributed by atoms with E-state index in [1.165, 1.54) is 0 Å². The summed E-state index contributed by atoms with van der Waals surface area (Å²) in [6.07, 6.45) is 0.944. The van der Waals surface area contributed by atoms with Gasteiger partial charge in [-0.2, -0.15) is 0 Å². The van der Waals surface area contributed by atoms with E-state index in [4.69, 9.17) is 4.74 Å². The first-order chi connectivity index (χ1) is 8.58. The lowest BCUT2D eigenvalue weighted by Crippen LogP contribution is -2.46. The monoisotopic (exact) mass is 247 g/mol. The topological polar surface area (TPSA) is 29.5 Å². The van der Waals surface area contributed by atoms with E-state index in [-0.39, 0.29) is 12.1 Å². The molecule has 1 aliphatic rings. The lowest BCUT2D eigenvalue weighted by atomic mass is 9.92. The van der Waals surface area contributed by atoms with E-state index in [1.807, 2.05) is 18.2 Å². The lowest BCUT2D eigenvalue weighted by molar-refractivity contribution is -0.0196. The Labute approximate surface area is 109 Å². The largest absolute Gasteiger partial charge is 0.458 e. The summed E-state index contributed by atoms with van der Waals surface area (Å²) in [5, 5.41) is 0. The zero-order valence-electron chi connectivity index (χ0n) is 11.3. The van der Waals surface area contributed by atoms with Crippen LogP contribution >= 0.6 is 0 Å². The van der Waals surface area contributed by atoms with E-state index in [9.17, 15) is 4.79 Å². The second kappa shape index (κ2) is 5.53. The number of piperidine rings is 1. The third-order valence-corrected chi connectivity index (χ3v) is 3.80. The highest BCUT2D eigenvalue weighted by Gasteiger charge is 2.31. The minimum Gasteiger partial charge on any atom is -0.458 e. The van der Waals surface area contributed by atoms with Crippen molar-refractivity contribution in [3.63, 3.8) is 0 Å². The summed E-state index contributed by atoms with van der Waals surface area (Å²) < 4.78 is 5.64. The van der Waals surface area contributed by atoms with Gasteiger partial charge in [-0.05, 0) is 32.5 Å². The smallest absolute Gasteiger partial charge is 0.338 e. The molecule has 0 N–H and O–H groups in total. The maximum Gasteiger partial charge on any atom is 0.338 e. The highest BCUT2D eigenvalue weighted by atomic mass is 16.5. The van der Waals surface area contributed by atoms with E-state index >= 15 is 0 Å². The highest BCUT2D eigenvalue weighted by molar-refractivity contribution is 5.89. The van der Waals surface area contributed by atoms with Gasteiger partial charge in [0.2, 0.25) is 0 Å². The van der Waals surface area contributed by atoms with Crippen LogP contribution in [0.2, 0.25) is 0 Å². The predicted octanol–water partition coefficient (Wildman–Crippen LogP) is 2.57. The minimum absolute atomic E-state index is 0.0314. The highest BCUT2D eigenvalue weighted by Crippen LogP contribution is 2.24. The molecule has 18 heavy (non-hydrogen) atoms. The van der Waals surface area contributed by atoms with Crippen LogP contribution in [-0.2, 0) is 4.74 Å². The van der Waals surface area contributed by atoms with E-state index in [1.54, 1.807) is 12.1 Å². The number of rotatable bonds is 2. The van der Waals surface area contributed by atoms with Crippen molar-refractivity contribution in [1.29, 1.82) is 0 Å². The molecule has 1 fully saturated rings. The summed E-state index contributed by atoms with van der Waals surface area (Å²) in [7, 11) is 2.12. The fourth-order valence-electron chi connectivity index (χ4n) is 2.44. The fourth-order valence-corrected chi connectivity index (χ4v) is 2.44. The number of carbonyl (C=O) groups is 1. The molecule has 1 saturated heterocycles. The van der Waals surface area contributed by atoms with Crippen molar-refractivity contribution < 1.29 is 9.53 Å². The van der Waals surface area contributed by atoms with Gasteiger partial charge in [0, 0.05) is 18.5 Å². The summed E-state index contributed by atoms with van der Waals surface area (Å²) >= 11 is 0. The maximum atomic E-state index is 12.0. The van der Waals surface area contributed by atoms with Gasteiger partial charge in [-0.15, -0.1) is 0 Å². The lowest BCUT2D eigenvalue weighted by Gasteiger charge is -2.39. The van der Waals surface area contributed by atoms with Crippen LogP contribution < -0.4 is 0 Å². The molecule has 1 aliphatic heterocycles. The molecule has 1 aromatic rings. The number of benzene rings is 1. The van der Waals surface area contributed by atoms with Crippen molar-refractivity contribution in [2.24, 2.45) is 5.92 Å². The van der Waals surface area contributed by atoms with Crippen molar-refractivity contribution >= 4 is 5.97 Å². The molecule has 2 rings (SSSR count). The van der Waals surface area contributed by atoms with Gasteiger partial charge in [0.15, 0.2) is 0 Å². The first-order valence-electron chi connectivity index (χ1n) is 6.54. The maximum absolute atomic E-state index is 12.0. The van der Waals surface area contributed by atoms with E-state index in [2.05, 4.69) is 25.8 Å². The Morgan fingerprint density at radius 3 is 2.61 bits per heavy atom. The van der Waals surface area contributed by atoms with Crippen LogP contribution in [0.25, 0.3) is 0 Å². The van der Waals surface area contributed by atoms with Gasteiger partial charge in [0.05, 0.1) is 5.56 Å². The minimum atomic E-state index is -0.204. The molecule has 0 bridgehead atoms. The molecule has 0 aromatic heterocycles. The summed E-state index contributed by atoms with van der Waals surface area (Å²) in [5.41, 5.74) is 0.635. The van der Waals surface area contributed by atoms with Gasteiger partial charge in [-0.3, -0.25) is 0 Å². The molecular weight excluding hydrogens is 226 g/mol. The molecule has 1 heterocycles. The average molecular weight is 247 g/mol. The Kier molecular flexibility index (Phi) is 4.02. The van der Waals surface area contributed by atoms with Crippen molar-refractivity contribution in [2.75, 3.05) is 13.6 Å². The Bertz CT molecular complexity index is 404. The van der Waals surface area contributed by atoms with Gasteiger partial charge in [-0.1, -0.05) is 25.1 Å². The number of ether oxygens (including phenoxy) is 1. The summed E-state index contributed by atoms with van der Waals surface area (Å²) in [6.45, 7) is 5.30. The second-order valence-electron chi connectivity index (χ2n) is 5.31. The molecule has 3 atom stereocenters. The SMILES string of the molecule is C[C@@H]1CN(C)[C@H](C)C[C@H]1OC(=O)c1ccccc1. The van der Waals surface area contributed by atoms with E-state index in [0.717, 1.165) is 13.0 Å². The van der Waals surface area contributed by atoms with Crippen molar-refractivity contribution in [3.05, 3.63) is 35.9 Å². The normalized spacial score (nSPS) is 28.9. The van der Waals surface area contributed by atoms with Gasteiger partial charge in [0.1, 0.15) is 6.10 Å². The van der Waals surface area contributed by atoms with Gasteiger partial charge in [-0.25, -0.2) is 4.79 Å². The Balaban J connectivity index is 1.99. The van der Waals surface area contributed by atoms with E-state index in [0.29, 0.717) is 17.5 Å². The van der Waals surface area contributed by atoms with Crippen LogP contribution in [0.15, 0.2) is 30.3 Å². The molecule has 0 spiro atoms. The number of hydrogen-bond donors (Lipinski definition) is 0. The zero-order chi connectivity index (χ0) is 13.1. The van der Waals surface area contributed by atoms with Gasteiger partial charge in [0.25, 0.3) is 0 Å². The van der Waals surface area contributed by atoms with Crippen molar-refractivity contribution in [3.8, 4) is 0 Å². The number of carbonyl (C=O) groups excluding carboxylic acids is 1. The third kappa shape index (κ3) is 2.91. The number of likely N-dealkylation sites (tertiary alicyclic amines) is 1. The number of nitrogens with zero attached hydrogens (tertiary/aromatic N) is 1. The third-order valence-electron chi connectivity index (χ3n) is 3.80.